The van der Waals surface area contributed by atoms with Crippen molar-refractivity contribution < 1.29 is 0 Å². The van der Waals surface area contributed by atoms with Crippen molar-refractivity contribution >= 4 is 5.82 Å². The van der Waals surface area contributed by atoms with E-state index >= 15 is 0 Å². The fourth-order valence-electron chi connectivity index (χ4n) is 1.49. The Balaban J connectivity index is 2.45. The summed E-state index contributed by atoms with van der Waals surface area (Å²) >= 11 is 0. The van der Waals surface area contributed by atoms with Gasteiger partial charge in [0.1, 0.15) is 5.82 Å². The fraction of sp³-hybridized carbons (Fsp3) is 0.154. The molecule has 0 aliphatic carbocycles. The molecule has 0 radical (unpaired) electrons. The first-order valence-corrected chi connectivity index (χ1v) is 4.96. The number of anilines is 1. The van der Waals surface area contributed by atoms with E-state index in [0.29, 0.717) is 5.82 Å². The minimum absolute atomic E-state index is 0.603. The number of nitrogens with two attached hydrogens (primary N) is 1. The van der Waals surface area contributed by atoms with Crippen molar-refractivity contribution in [2.75, 3.05) is 5.73 Å². The summed E-state index contributed by atoms with van der Waals surface area (Å²) in [5.41, 5.74) is 10.3. The van der Waals surface area contributed by atoms with Crippen molar-refractivity contribution in [3.05, 3.63) is 47.7 Å². The molecule has 1 aromatic carbocycles. The van der Waals surface area contributed by atoms with Crippen LogP contribution >= 0.6 is 0 Å². The maximum absolute atomic E-state index is 5.68. The number of aromatic nitrogens is 1. The zero-order valence-electron chi connectivity index (χ0n) is 8.99. The minimum Gasteiger partial charge on any atom is -0.383 e. The SMILES string of the molecule is Cc1ccc(-c2cnc(N)c(C)c2)cc1. The van der Waals surface area contributed by atoms with Crippen LogP contribution in [0.3, 0.4) is 0 Å². The first-order chi connectivity index (χ1) is 7.16. The number of nitrogen functional groups attached to an aromatic ring is 1. The van der Waals surface area contributed by atoms with Crippen LogP contribution in [-0.4, -0.2) is 4.98 Å². The van der Waals surface area contributed by atoms with E-state index in [0.717, 1.165) is 11.1 Å². The fourth-order valence-corrected chi connectivity index (χ4v) is 1.49. The molecular formula is C13H14N2. The average Bonchev–Trinajstić information content (AvgIpc) is 2.23. The van der Waals surface area contributed by atoms with E-state index in [9.17, 15) is 0 Å². The summed E-state index contributed by atoms with van der Waals surface area (Å²) in [7, 11) is 0. The summed E-state index contributed by atoms with van der Waals surface area (Å²) < 4.78 is 0. The number of hydrogen-bond donors (Lipinski definition) is 1. The molecule has 0 bridgehead atoms. The van der Waals surface area contributed by atoms with Crippen LogP contribution in [0, 0.1) is 13.8 Å². The minimum atomic E-state index is 0.603. The zero-order chi connectivity index (χ0) is 10.8. The molecule has 1 aromatic heterocycles. The number of pyridine rings is 1. The van der Waals surface area contributed by atoms with E-state index in [4.69, 9.17) is 5.73 Å². The Kier molecular flexibility index (Phi) is 2.42. The van der Waals surface area contributed by atoms with Crippen molar-refractivity contribution in [3.8, 4) is 11.1 Å². The summed E-state index contributed by atoms with van der Waals surface area (Å²) in [5.74, 6) is 0.603. The van der Waals surface area contributed by atoms with Crippen LogP contribution in [0.1, 0.15) is 11.1 Å². The van der Waals surface area contributed by atoms with Crippen molar-refractivity contribution in [2.24, 2.45) is 0 Å². The highest BCUT2D eigenvalue weighted by atomic mass is 14.8. The van der Waals surface area contributed by atoms with E-state index < -0.39 is 0 Å². The van der Waals surface area contributed by atoms with Crippen LogP contribution in [0.2, 0.25) is 0 Å². The van der Waals surface area contributed by atoms with Gasteiger partial charge in [-0.3, -0.25) is 0 Å². The van der Waals surface area contributed by atoms with E-state index in [1.165, 1.54) is 11.1 Å². The molecule has 15 heavy (non-hydrogen) atoms. The first-order valence-electron chi connectivity index (χ1n) is 4.96. The van der Waals surface area contributed by atoms with Gasteiger partial charge < -0.3 is 5.73 Å². The summed E-state index contributed by atoms with van der Waals surface area (Å²) in [5, 5.41) is 0. The van der Waals surface area contributed by atoms with Crippen LogP contribution in [0.25, 0.3) is 11.1 Å². The lowest BCUT2D eigenvalue weighted by Gasteiger charge is -2.04. The third-order valence-electron chi connectivity index (χ3n) is 2.50. The van der Waals surface area contributed by atoms with Crippen LogP contribution < -0.4 is 5.73 Å². The molecule has 2 rings (SSSR count). The van der Waals surface area contributed by atoms with Crippen LogP contribution in [0.15, 0.2) is 36.5 Å². The second-order valence-electron chi connectivity index (χ2n) is 3.79. The van der Waals surface area contributed by atoms with Gasteiger partial charge in [0.25, 0.3) is 0 Å². The van der Waals surface area contributed by atoms with E-state index in [2.05, 4.69) is 42.2 Å². The Labute approximate surface area is 89.8 Å². The Morgan fingerprint density at radius 2 is 1.67 bits per heavy atom. The number of hydrogen-bond acceptors (Lipinski definition) is 2. The molecule has 2 heteroatoms. The first kappa shape index (κ1) is 9.71. The molecule has 0 spiro atoms. The second-order valence-corrected chi connectivity index (χ2v) is 3.79. The predicted octanol–water partition coefficient (Wildman–Crippen LogP) is 2.95. The Morgan fingerprint density at radius 1 is 1.00 bits per heavy atom. The van der Waals surface area contributed by atoms with Gasteiger partial charge in [0.2, 0.25) is 0 Å². The standard InChI is InChI=1S/C13H14N2/c1-9-3-5-11(6-4-9)12-7-10(2)13(14)15-8-12/h3-8H,1-2H3,(H2,14,15). The third kappa shape index (κ3) is 1.99. The lowest BCUT2D eigenvalue weighted by molar-refractivity contribution is 1.28. The van der Waals surface area contributed by atoms with Gasteiger partial charge in [-0.25, -0.2) is 4.98 Å². The van der Waals surface area contributed by atoms with Crippen molar-refractivity contribution in [1.29, 1.82) is 0 Å². The molecule has 0 aliphatic rings. The molecule has 0 saturated carbocycles. The van der Waals surface area contributed by atoms with Gasteiger partial charge in [-0.15, -0.1) is 0 Å². The van der Waals surface area contributed by atoms with Gasteiger partial charge in [0, 0.05) is 11.8 Å². The number of nitrogens with zero attached hydrogens (tertiary/aromatic N) is 1. The van der Waals surface area contributed by atoms with Gasteiger partial charge in [0.05, 0.1) is 0 Å². The molecular weight excluding hydrogens is 184 g/mol. The molecule has 0 saturated heterocycles. The Hall–Kier alpha value is -1.83. The highest BCUT2D eigenvalue weighted by Crippen LogP contribution is 2.21. The summed E-state index contributed by atoms with van der Waals surface area (Å²) in [6, 6.07) is 10.5. The number of benzene rings is 1. The van der Waals surface area contributed by atoms with Gasteiger partial charge >= 0.3 is 0 Å². The lowest BCUT2D eigenvalue weighted by atomic mass is 10.0. The normalized spacial score (nSPS) is 10.3. The predicted molar refractivity (Wildman–Crippen MR) is 63.6 cm³/mol. The van der Waals surface area contributed by atoms with Crippen LogP contribution in [0.5, 0.6) is 0 Å². The van der Waals surface area contributed by atoms with Gasteiger partial charge in [0.15, 0.2) is 0 Å². The molecule has 0 amide bonds. The molecule has 76 valence electrons. The van der Waals surface area contributed by atoms with Crippen LogP contribution in [-0.2, 0) is 0 Å². The highest BCUT2D eigenvalue weighted by Gasteiger charge is 2.00. The smallest absolute Gasteiger partial charge is 0.126 e. The zero-order valence-corrected chi connectivity index (χ0v) is 8.99. The summed E-state index contributed by atoms with van der Waals surface area (Å²) in [4.78, 5) is 4.16. The number of rotatable bonds is 1. The maximum atomic E-state index is 5.68. The molecule has 0 unspecified atom stereocenters. The average molecular weight is 198 g/mol. The largest absolute Gasteiger partial charge is 0.383 e. The van der Waals surface area contributed by atoms with Gasteiger partial charge in [-0.2, -0.15) is 0 Å². The molecule has 0 aliphatic heterocycles. The highest BCUT2D eigenvalue weighted by molar-refractivity contribution is 5.65. The van der Waals surface area contributed by atoms with E-state index in [1.54, 1.807) is 0 Å². The Bertz CT molecular complexity index is 472. The molecule has 0 atom stereocenters. The van der Waals surface area contributed by atoms with Crippen molar-refractivity contribution in [1.82, 2.24) is 4.98 Å². The molecule has 2 N–H and O–H groups in total. The second kappa shape index (κ2) is 3.73. The van der Waals surface area contributed by atoms with Gasteiger partial charge in [-0.05, 0) is 31.0 Å². The van der Waals surface area contributed by atoms with Gasteiger partial charge in [-0.1, -0.05) is 29.8 Å². The molecule has 1 heterocycles. The lowest BCUT2D eigenvalue weighted by Crippen LogP contribution is -1.93. The quantitative estimate of drug-likeness (QED) is 0.765. The molecule has 2 aromatic rings. The Morgan fingerprint density at radius 3 is 2.27 bits per heavy atom. The van der Waals surface area contributed by atoms with E-state index in [1.807, 2.05) is 13.1 Å². The summed E-state index contributed by atoms with van der Waals surface area (Å²) in [6.07, 6.45) is 1.81. The third-order valence-corrected chi connectivity index (χ3v) is 2.50. The van der Waals surface area contributed by atoms with E-state index in [-0.39, 0.29) is 0 Å². The molecule has 0 fully saturated rings. The maximum Gasteiger partial charge on any atom is 0.126 e. The summed E-state index contributed by atoms with van der Waals surface area (Å²) in [6.45, 7) is 4.05. The van der Waals surface area contributed by atoms with Crippen molar-refractivity contribution in [3.63, 3.8) is 0 Å². The van der Waals surface area contributed by atoms with Crippen LogP contribution in [0.4, 0.5) is 5.82 Å². The monoisotopic (exact) mass is 198 g/mol. The van der Waals surface area contributed by atoms with Crippen molar-refractivity contribution in [2.45, 2.75) is 13.8 Å². The number of aryl methyl sites for hydroxylation is 2. The molecule has 2 nitrogen and oxygen atoms in total. The topological polar surface area (TPSA) is 38.9 Å².